The number of hydrogen-bond donors (Lipinski definition) is 1. The van der Waals surface area contributed by atoms with Gasteiger partial charge in [0.2, 0.25) is 5.91 Å². The summed E-state index contributed by atoms with van der Waals surface area (Å²) in [5.41, 5.74) is 0.649. The van der Waals surface area contributed by atoms with Gasteiger partial charge in [0, 0.05) is 18.0 Å². The number of benzene rings is 2. The van der Waals surface area contributed by atoms with Crippen molar-refractivity contribution >= 4 is 22.6 Å². The van der Waals surface area contributed by atoms with Gasteiger partial charge in [0.15, 0.2) is 17.0 Å². The minimum absolute atomic E-state index is 0.0782. The maximum absolute atomic E-state index is 13.3. The van der Waals surface area contributed by atoms with E-state index in [0.29, 0.717) is 35.9 Å². The van der Waals surface area contributed by atoms with E-state index in [4.69, 9.17) is 9.47 Å². The number of aromatic nitrogens is 3. The number of nitrogens with one attached hydrogen (secondary N) is 1. The number of ether oxygens (including phenoxy) is 2. The van der Waals surface area contributed by atoms with E-state index in [9.17, 15) is 14.4 Å². The molecule has 0 spiro atoms. The molecule has 0 unspecified atom stereocenters. The van der Waals surface area contributed by atoms with Crippen LogP contribution in [0.15, 0.2) is 76.4 Å². The zero-order chi connectivity index (χ0) is 22.8. The molecule has 0 bridgehead atoms. The molecule has 0 saturated carbocycles. The number of rotatable bonds is 5. The molecule has 1 amide bonds. The van der Waals surface area contributed by atoms with Crippen molar-refractivity contribution < 1.29 is 14.3 Å². The van der Waals surface area contributed by atoms with Crippen LogP contribution in [0, 0.1) is 0 Å². The highest BCUT2D eigenvalue weighted by molar-refractivity contribution is 5.91. The molecule has 9 heteroatoms. The lowest BCUT2D eigenvalue weighted by atomic mass is 10.2. The second kappa shape index (κ2) is 8.62. The lowest BCUT2D eigenvalue weighted by Crippen LogP contribution is -2.42. The molecular formula is C24H20N4O5. The van der Waals surface area contributed by atoms with Crippen LogP contribution < -0.4 is 26.0 Å². The topological polar surface area (TPSA) is 104 Å². The van der Waals surface area contributed by atoms with Crippen LogP contribution in [0.25, 0.3) is 11.0 Å². The Morgan fingerprint density at radius 3 is 2.55 bits per heavy atom. The van der Waals surface area contributed by atoms with Crippen molar-refractivity contribution in [2.45, 2.75) is 13.1 Å². The summed E-state index contributed by atoms with van der Waals surface area (Å²) >= 11 is 0. The molecular weight excluding hydrogens is 424 g/mol. The van der Waals surface area contributed by atoms with E-state index in [2.05, 4.69) is 10.3 Å². The predicted octanol–water partition coefficient (Wildman–Crippen LogP) is 2.02. The van der Waals surface area contributed by atoms with Crippen molar-refractivity contribution in [2.75, 3.05) is 18.5 Å². The first-order valence-corrected chi connectivity index (χ1v) is 10.4. The molecule has 9 nitrogen and oxygen atoms in total. The minimum Gasteiger partial charge on any atom is -0.486 e. The Morgan fingerprint density at radius 1 is 0.939 bits per heavy atom. The molecule has 0 aliphatic carbocycles. The van der Waals surface area contributed by atoms with Gasteiger partial charge in [-0.2, -0.15) is 0 Å². The number of carbonyl (C=O) groups excluding carboxylic acids is 1. The largest absolute Gasteiger partial charge is 0.486 e. The molecule has 0 fully saturated rings. The molecule has 1 N–H and O–H groups in total. The quantitative estimate of drug-likeness (QED) is 0.505. The van der Waals surface area contributed by atoms with Crippen molar-refractivity contribution in [3.8, 4) is 11.5 Å². The minimum atomic E-state index is -0.582. The summed E-state index contributed by atoms with van der Waals surface area (Å²) in [6.45, 7) is 0.697. The van der Waals surface area contributed by atoms with Crippen molar-refractivity contribution in [1.82, 2.24) is 14.1 Å². The molecule has 1 aliphatic heterocycles. The van der Waals surface area contributed by atoms with E-state index in [1.807, 2.05) is 30.3 Å². The van der Waals surface area contributed by atoms with Crippen LogP contribution in [0.1, 0.15) is 5.56 Å². The van der Waals surface area contributed by atoms with E-state index >= 15 is 0 Å². The molecule has 0 saturated heterocycles. The van der Waals surface area contributed by atoms with Crippen molar-refractivity contribution in [3.05, 3.63) is 93.3 Å². The molecule has 4 aromatic rings. The van der Waals surface area contributed by atoms with Gasteiger partial charge in [-0.1, -0.05) is 30.3 Å². The third-order valence-electron chi connectivity index (χ3n) is 5.30. The zero-order valence-corrected chi connectivity index (χ0v) is 17.6. The molecule has 2 aromatic heterocycles. The van der Waals surface area contributed by atoms with Crippen molar-refractivity contribution in [3.63, 3.8) is 0 Å². The Balaban J connectivity index is 1.49. The van der Waals surface area contributed by atoms with Gasteiger partial charge < -0.3 is 14.8 Å². The number of fused-ring (bicyclic) bond motifs is 2. The van der Waals surface area contributed by atoms with E-state index < -0.39 is 17.2 Å². The fourth-order valence-electron chi connectivity index (χ4n) is 3.77. The molecule has 5 rings (SSSR count). The van der Waals surface area contributed by atoms with E-state index in [0.717, 1.165) is 10.1 Å². The number of hydrogen-bond acceptors (Lipinski definition) is 6. The maximum Gasteiger partial charge on any atom is 0.332 e. The summed E-state index contributed by atoms with van der Waals surface area (Å²) in [7, 11) is 0. The number of carbonyl (C=O) groups is 1. The summed E-state index contributed by atoms with van der Waals surface area (Å²) in [6.07, 6.45) is 1.49. The van der Waals surface area contributed by atoms with Crippen LogP contribution >= 0.6 is 0 Å². The van der Waals surface area contributed by atoms with Crippen molar-refractivity contribution in [1.29, 1.82) is 0 Å². The van der Waals surface area contributed by atoms with Crippen LogP contribution in [0.2, 0.25) is 0 Å². The highest BCUT2D eigenvalue weighted by atomic mass is 16.6. The van der Waals surface area contributed by atoms with Gasteiger partial charge in [-0.25, -0.2) is 9.78 Å². The molecule has 1 aliphatic rings. The maximum atomic E-state index is 13.3. The fourth-order valence-corrected chi connectivity index (χ4v) is 3.77. The average Bonchev–Trinajstić information content (AvgIpc) is 2.85. The number of nitrogens with zero attached hydrogens (tertiary/aromatic N) is 3. The van der Waals surface area contributed by atoms with Gasteiger partial charge in [-0.3, -0.25) is 18.7 Å². The van der Waals surface area contributed by atoms with Crippen LogP contribution in [0.5, 0.6) is 11.5 Å². The van der Waals surface area contributed by atoms with Gasteiger partial charge in [0.05, 0.1) is 12.1 Å². The second-order valence-corrected chi connectivity index (χ2v) is 7.52. The van der Waals surface area contributed by atoms with Crippen LogP contribution in [0.3, 0.4) is 0 Å². The zero-order valence-electron chi connectivity index (χ0n) is 17.6. The first-order chi connectivity index (χ1) is 16.1. The summed E-state index contributed by atoms with van der Waals surface area (Å²) in [5.74, 6) is 0.728. The monoisotopic (exact) mass is 444 g/mol. The van der Waals surface area contributed by atoms with Gasteiger partial charge in [0.25, 0.3) is 5.56 Å². The lowest BCUT2D eigenvalue weighted by molar-refractivity contribution is -0.116. The Labute approximate surface area is 187 Å². The summed E-state index contributed by atoms with van der Waals surface area (Å²) in [4.78, 5) is 43.3. The summed E-state index contributed by atoms with van der Waals surface area (Å²) in [5, 5.41) is 2.77. The van der Waals surface area contributed by atoms with Gasteiger partial charge in [0.1, 0.15) is 19.8 Å². The predicted molar refractivity (Wildman–Crippen MR) is 122 cm³/mol. The molecule has 0 radical (unpaired) electrons. The standard InChI is InChI=1S/C24H20N4O5/c29-21(26-17-8-9-19-20(13-17)33-12-11-32-19)15-27-18-7-4-10-25-22(18)23(30)28(24(27)31)14-16-5-2-1-3-6-16/h1-10,13H,11-12,14-15H2,(H,26,29). The smallest absolute Gasteiger partial charge is 0.332 e. The Bertz CT molecular complexity index is 1460. The summed E-state index contributed by atoms with van der Waals surface area (Å²) < 4.78 is 13.4. The van der Waals surface area contributed by atoms with Crippen LogP contribution in [-0.4, -0.2) is 33.2 Å². The normalized spacial score (nSPS) is 12.5. The third kappa shape index (κ3) is 4.08. The molecule has 166 valence electrons. The third-order valence-corrected chi connectivity index (χ3v) is 5.30. The molecule has 0 atom stereocenters. The number of pyridine rings is 1. The highest BCUT2D eigenvalue weighted by Crippen LogP contribution is 2.32. The van der Waals surface area contributed by atoms with E-state index in [1.165, 1.54) is 10.8 Å². The Hall–Kier alpha value is -4.40. The second-order valence-electron chi connectivity index (χ2n) is 7.52. The average molecular weight is 444 g/mol. The van der Waals surface area contributed by atoms with E-state index in [1.54, 1.807) is 30.3 Å². The lowest BCUT2D eigenvalue weighted by Gasteiger charge is -2.19. The van der Waals surface area contributed by atoms with Gasteiger partial charge >= 0.3 is 5.69 Å². The van der Waals surface area contributed by atoms with Crippen molar-refractivity contribution in [2.24, 2.45) is 0 Å². The van der Waals surface area contributed by atoms with Crippen LogP contribution in [-0.2, 0) is 17.9 Å². The SMILES string of the molecule is O=C(Cn1c(=O)n(Cc2ccccc2)c(=O)c2ncccc21)Nc1ccc2c(c1)OCCO2. The Kier molecular flexibility index (Phi) is 5.35. The first-order valence-electron chi connectivity index (χ1n) is 10.4. The molecule has 3 heterocycles. The van der Waals surface area contributed by atoms with E-state index in [-0.39, 0.29) is 18.6 Å². The highest BCUT2D eigenvalue weighted by Gasteiger charge is 2.17. The summed E-state index contributed by atoms with van der Waals surface area (Å²) in [6, 6.07) is 17.5. The van der Waals surface area contributed by atoms with Gasteiger partial charge in [-0.15, -0.1) is 0 Å². The van der Waals surface area contributed by atoms with Gasteiger partial charge in [-0.05, 0) is 29.8 Å². The fraction of sp³-hybridized carbons (Fsp3) is 0.167. The first kappa shape index (κ1) is 20.5. The van der Waals surface area contributed by atoms with Crippen LogP contribution in [0.4, 0.5) is 5.69 Å². The Morgan fingerprint density at radius 2 is 1.73 bits per heavy atom. The molecule has 2 aromatic carbocycles. The number of amides is 1. The number of anilines is 1. The molecule has 33 heavy (non-hydrogen) atoms.